The van der Waals surface area contributed by atoms with Gasteiger partial charge in [-0.3, -0.25) is 4.79 Å². The SMILES string of the molecule is C=CCNCC(=O)NC1CCC(CC)C1C. The lowest BCUT2D eigenvalue weighted by atomic mass is 9.93. The molecule has 3 heteroatoms. The van der Waals surface area contributed by atoms with Crippen molar-refractivity contribution in [3.8, 4) is 0 Å². The summed E-state index contributed by atoms with van der Waals surface area (Å²) in [5, 5.41) is 6.13. The van der Waals surface area contributed by atoms with Crippen molar-refractivity contribution in [2.75, 3.05) is 13.1 Å². The van der Waals surface area contributed by atoms with E-state index in [0.29, 0.717) is 25.0 Å². The fourth-order valence-electron chi connectivity index (χ4n) is 2.57. The van der Waals surface area contributed by atoms with Crippen molar-refractivity contribution in [2.24, 2.45) is 11.8 Å². The van der Waals surface area contributed by atoms with E-state index in [2.05, 4.69) is 31.1 Å². The van der Waals surface area contributed by atoms with E-state index < -0.39 is 0 Å². The van der Waals surface area contributed by atoms with Crippen LogP contribution in [0.25, 0.3) is 0 Å². The van der Waals surface area contributed by atoms with Gasteiger partial charge in [0.2, 0.25) is 5.91 Å². The molecule has 92 valence electrons. The zero-order chi connectivity index (χ0) is 12.0. The molecule has 0 heterocycles. The van der Waals surface area contributed by atoms with Gasteiger partial charge in [-0.15, -0.1) is 6.58 Å². The lowest BCUT2D eigenvalue weighted by Crippen LogP contribution is -2.42. The molecule has 0 aromatic heterocycles. The molecule has 1 rings (SSSR count). The maximum Gasteiger partial charge on any atom is 0.234 e. The van der Waals surface area contributed by atoms with Crippen molar-refractivity contribution >= 4 is 5.91 Å². The molecule has 3 nitrogen and oxygen atoms in total. The van der Waals surface area contributed by atoms with Crippen molar-refractivity contribution in [3.05, 3.63) is 12.7 Å². The Kier molecular flexibility index (Phi) is 5.53. The van der Waals surface area contributed by atoms with Crippen LogP contribution in [0.4, 0.5) is 0 Å². The molecule has 16 heavy (non-hydrogen) atoms. The lowest BCUT2D eigenvalue weighted by Gasteiger charge is -2.21. The van der Waals surface area contributed by atoms with Crippen LogP contribution in [0, 0.1) is 11.8 Å². The summed E-state index contributed by atoms with van der Waals surface area (Å²) in [7, 11) is 0. The molecule has 0 aromatic carbocycles. The topological polar surface area (TPSA) is 41.1 Å². The van der Waals surface area contributed by atoms with E-state index in [0.717, 1.165) is 12.3 Å². The highest BCUT2D eigenvalue weighted by molar-refractivity contribution is 5.78. The number of hydrogen-bond acceptors (Lipinski definition) is 2. The van der Waals surface area contributed by atoms with Crippen LogP contribution >= 0.6 is 0 Å². The fraction of sp³-hybridized carbons (Fsp3) is 0.769. The molecule has 0 radical (unpaired) electrons. The predicted octanol–water partition coefficient (Wildman–Crippen LogP) is 1.70. The van der Waals surface area contributed by atoms with Gasteiger partial charge in [-0.1, -0.05) is 26.3 Å². The Labute approximate surface area is 98.7 Å². The van der Waals surface area contributed by atoms with E-state index in [1.54, 1.807) is 6.08 Å². The highest BCUT2D eigenvalue weighted by Gasteiger charge is 2.32. The van der Waals surface area contributed by atoms with Crippen LogP contribution in [-0.4, -0.2) is 25.0 Å². The molecule has 1 aliphatic rings. The summed E-state index contributed by atoms with van der Waals surface area (Å²) in [5.41, 5.74) is 0. The van der Waals surface area contributed by atoms with Crippen molar-refractivity contribution in [2.45, 2.75) is 39.2 Å². The fourth-order valence-corrected chi connectivity index (χ4v) is 2.57. The minimum Gasteiger partial charge on any atom is -0.352 e. The van der Waals surface area contributed by atoms with Crippen LogP contribution in [0.5, 0.6) is 0 Å². The van der Waals surface area contributed by atoms with Gasteiger partial charge in [0.25, 0.3) is 0 Å². The Balaban J connectivity index is 2.26. The van der Waals surface area contributed by atoms with Gasteiger partial charge in [-0.25, -0.2) is 0 Å². The average Bonchev–Trinajstić information content (AvgIpc) is 2.60. The van der Waals surface area contributed by atoms with Crippen LogP contribution in [-0.2, 0) is 4.79 Å². The molecule has 1 aliphatic carbocycles. The predicted molar refractivity (Wildman–Crippen MR) is 67.2 cm³/mol. The Hall–Kier alpha value is -0.830. The van der Waals surface area contributed by atoms with E-state index >= 15 is 0 Å². The largest absolute Gasteiger partial charge is 0.352 e. The van der Waals surface area contributed by atoms with Gasteiger partial charge < -0.3 is 10.6 Å². The number of hydrogen-bond donors (Lipinski definition) is 2. The highest BCUT2D eigenvalue weighted by atomic mass is 16.1. The quantitative estimate of drug-likeness (QED) is 0.532. The zero-order valence-electron chi connectivity index (χ0n) is 10.5. The highest BCUT2D eigenvalue weighted by Crippen LogP contribution is 2.33. The van der Waals surface area contributed by atoms with Gasteiger partial charge in [0.05, 0.1) is 6.54 Å². The third kappa shape index (κ3) is 3.63. The molecular weight excluding hydrogens is 200 g/mol. The lowest BCUT2D eigenvalue weighted by molar-refractivity contribution is -0.121. The molecular formula is C13H24N2O. The first-order chi connectivity index (χ1) is 7.69. The summed E-state index contributed by atoms with van der Waals surface area (Å²) in [6, 6.07) is 0.378. The minimum atomic E-state index is 0.107. The van der Waals surface area contributed by atoms with Crippen molar-refractivity contribution in [3.63, 3.8) is 0 Å². The van der Waals surface area contributed by atoms with Crippen molar-refractivity contribution < 1.29 is 4.79 Å². The molecule has 1 fully saturated rings. The van der Waals surface area contributed by atoms with E-state index in [1.807, 2.05) is 0 Å². The Morgan fingerprint density at radius 2 is 2.25 bits per heavy atom. The second kappa shape index (κ2) is 6.69. The van der Waals surface area contributed by atoms with Gasteiger partial charge in [0.15, 0.2) is 0 Å². The number of nitrogens with one attached hydrogen (secondary N) is 2. The molecule has 1 amide bonds. The van der Waals surface area contributed by atoms with E-state index in [-0.39, 0.29) is 5.91 Å². The first kappa shape index (κ1) is 13.2. The first-order valence-corrected chi connectivity index (χ1v) is 6.30. The molecule has 0 bridgehead atoms. The van der Waals surface area contributed by atoms with Crippen LogP contribution < -0.4 is 10.6 Å². The number of rotatable bonds is 6. The third-order valence-electron chi connectivity index (χ3n) is 3.67. The molecule has 2 N–H and O–H groups in total. The molecule has 0 spiro atoms. The summed E-state index contributed by atoms with van der Waals surface area (Å²) >= 11 is 0. The second-order valence-electron chi connectivity index (χ2n) is 4.70. The van der Waals surface area contributed by atoms with Gasteiger partial charge >= 0.3 is 0 Å². The third-order valence-corrected chi connectivity index (χ3v) is 3.67. The minimum absolute atomic E-state index is 0.107. The van der Waals surface area contributed by atoms with Gasteiger partial charge in [-0.05, 0) is 24.7 Å². The molecule has 0 aliphatic heterocycles. The summed E-state index contributed by atoms with van der Waals surface area (Å²) in [4.78, 5) is 11.6. The Morgan fingerprint density at radius 3 is 2.81 bits per heavy atom. The smallest absolute Gasteiger partial charge is 0.234 e. The number of carbonyl (C=O) groups excluding carboxylic acids is 1. The summed E-state index contributed by atoms with van der Waals surface area (Å²) in [5.74, 6) is 1.51. The first-order valence-electron chi connectivity index (χ1n) is 6.30. The molecule has 0 aromatic rings. The van der Waals surface area contributed by atoms with E-state index in [1.165, 1.54) is 12.8 Å². The monoisotopic (exact) mass is 224 g/mol. The molecule has 1 saturated carbocycles. The Bertz CT molecular complexity index is 240. The number of carbonyl (C=O) groups is 1. The van der Waals surface area contributed by atoms with Crippen molar-refractivity contribution in [1.29, 1.82) is 0 Å². The van der Waals surface area contributed by atoms with E-state index in [9.17, 15) is 4.79 Å². The summed E-state index contributed by atoms with van der Waals surface area (Å²) < 4.78 is 0. The van der Waals surface area contributed by atoms with E-state index in [4.69, 9.17) is 0 Å². The second-order valence-corrected chi connectivity index (χ2v) is 4.70. The van der Waals surface area contributed by atoms with Crippen LogP contribution in [0.2, 0.25) is 0 Å². The molecule has 0 saturated heterocycles. The van der Waals surface area contributed by atoms with Crippen LogP contribution in [0.3, 0.4) is 0 Å². The van der Waals surface area contributed by atoms with Crippen LogP contribution in [0.1, 0.15) is 33.1 Å². The summed E-state index contributed by atoms with van der Waals surface area (Å²) in [6.45, 7) is 9.17. The summed E-state index contributed by atoms with van der Waals surface area (Å²) in [6.07, 6.45) is 5.37. The molecule has 3 atom stereocenters. The van der Waals surface area contributed by atoms with Crippen LogP contribution in [0.15, 0.2) is 12.7 Å². The van der Waals surface area contributed by atoms with Gasteiger partial charge in [-0.2, -0.15) is 0 Å². The molecule has 3 unspecified atom stereocenters. The number of amides is 1. The average molecular weight is 224 g/mol. The standard InChI is InChI=1S/C13H24N2O/c1-4-8-14-9-13(16)15-12-7-6-11(5-2)10(12)3/h4,10-12,14H,1,5-9H2,2-3H3,(H,15,16). The van der Waals surface area contributed by atoms with Gasteiger partial charge in [0, 0.05) is 12.6 Å². The van der Waals surface area contributed by atoms with Gasteiger partial charge in [0.1, 0.15) is 0 Å². The van der Waals surface area contributed by atoms with Crippen molar-refractivity contribution in [1.82, 2.24) is 10.6 Å². The maximum absolute atomic E-state index is 11.6. The zero-order valence-corrected chi connectivity index (χ0v) is 10.5. The Morgan fingerprint density at radius 1 is 1.50 bits per heavy atom. The normalized spacial score (nSPS) is 29.0. The maximum atomic E-state index is 11.6.